The first kappa shape index (κ1) is 14.0. The van der Waals surface area contributed by atoms with E-state index in [4.69, 9.17) is 16.7 Å². The van der Waals surface area contributed by atoms with Crippen LogP contribution in [0.15, 0.2) is 12.1 Å². The van der Waals surface area contributed by atoms with Crippen molar-refractivity contribution >= 4 is 22.9 Å². The Morgan fingerprint density at radius 1 is 1.50 bits per heavy atom. The number of thiophene rings is 1. The molecule has 0 aromatic carbocycles. The van der Waals surface area contributed by atoms with Crippen molar-refractivity contribution in [2.45, 2.75) is 45.2 Å². The van der Waals surface area contributed by atoms with Crippen molar-refractivity contribution in [1.82, 2.24) is 5.32 Å². The van der Waals surface area contributed by atoms with Gasteiger partial charge in [0.15, 0.2) is 0 Å². The summed E-state index contributed by atoms with van der Waals surface area (Å²) in [5.41, 5.74) is 0. The van der Waals surface area contributed by atoms with E-state index < -0.39 is 0 Å². The number of rotatable bonds is 7. The normalized spacial score (nSPS) is 15.0. The number of halogens is 1. The van der Waals surface area contributed by atoms with Crippen molar-refractivity contribution in [2.75, 3.05) is 6.61 Å². The van der Waals surface area contributed by atoms with Crippen LogP contribution >= 0.6 is 22.9 Å². The molecule has 0 aliphatic heterocycles. The van der Waals surface area contributed by atoms with Crippen molar-refractivity contribution in [2.24, 2.45) is 0 Å². The second kappa shape index (κ2) is 7.28. The van der Waals surface area contributed by atoms with Crippen LogP contribution in [0.5, 0.6) is 0 Å². The van der Waals surface area contributed by atoms with E-state index in [1.54, 1.807) is 11.3 Å². The van der Waals surface area contributed by atoms with E-state index in [-0.39, 0.29) is 12.6 Å². The Morgan fingerprint density at radius 2 is 2.25 bits per heavy atom. The summed E-state index contributed by atoms with van der Waals surface area (Å²) in [7, 11) is 0. The third-order valence-electron chi connectivity index (χ3n) is 2.69. The maximum Gasteiger partial charge on any atom is 0.0931 e. The highest BCUT2D eigenvalue weighted by molar-refractivity contribution is 7.16. The third kappa shape index (κ3) is 4.83. The van der Waals surface area contributed by atoms with Crippen LogP contribution in [0.3, 0.4) is 0 Å². The molecule has 2 N–H and O–H groups in total. The van der Waals surface area contributed by atoms with Crippen LogP contribution in [0, 0.1) is 0 Å². The highest BCUT2D eigenvalue weighted by Crippen LogP contribution is 2.22. The predicted molar refractivity (Wildman–Crippen MR) is 71.4 cm³/mol. The minimum absolute atomic E-state index is 0.214. The van der Waals surface area contributed by atoms with Gasteiger partial charge >= 0.3 is 0 Å². The zero-order valence-corrected chi connectivity index (χ0v) is 11.4. The summed E-state index contributed by atoms with van der Waals surface area (Å²) in [5.74, 6) is 0. The van der Waals surface area contributed by atoms with Gasteiger partial charge in [-0.15, -0.1) is 11.3 Å². The molecule has 2 atom stereocenters. The molecule has 0 aliphatic carbocycles. The highest BCUT2D eigenvalue weighted by atomic mass is 35.5. The molecular weight excluding hydrogens is 242 g/mol. The fourth-order valence-corrected chi connectivity index (χ4v) is 2.73. The molecule has 1 aromatic heterocycles. The van der Waals surface area contributed by atoms with Gasteiger partial charge in [-0.1, -0.05) is 18.5 Å². The molecule has 0 aliphatic rings. The van der Waals surface area contributed by atoms with Crippen LogP contribution in [0.1, 0.15) is 31.6 Å². The van der Waals surface area contributed by atoms with Crippen LogP contribution in [-0.2, 0) is 6.42 Å². The molecule has 1 unspecified atom stereocenters. The van der Waals surface area contributed by atoms with Gasteiger partial charge in [-0.25, -0.2) is 0 Å². The molecule has 0 radical (unpaired) electrons. The van der Waals surface area contributed by atoms with E-state index in [1.165, 1.54) is 4.88 Å². The van der Waals surface area contributed by atoms with Crippen molar-refractivity contribution in [3.05, 3.63) is 21.3 Å². The first-order valence-corrected chi connectivity index (χ1v) is 6.96. The highest BCUT2D eigenvalue weighted by Gasteiger charge is 2.09. The zero-order chi connectivity index (χ0) is 12.0. The molecule has 0 spiro atoms. The third-order valence-corrected chi connectivity index (χ3v) is 3.98. The number of hydrogen-bond acceptors (Lipinski definition) is 3. The van der Waals surface area contributed by atoms with E-state index in [2.05, 4.69) is 25.2 Å². The summed E-state index contributed by atoms with van der Waals surface area (Å²) in [6, 6.07) is 4.69. The van der Waals surface area contributed by atoms with Crippen molar-refractivity contribution in [3.8, 4) is 0 Å². The van der Waals surface area contributed by atoms with Crippen molar-refractivity contribution in [3.63, 3.8) is 0 Å². The Labute approximate surface area is 107 Å². The number of aryl methyl sites for hydroxylation is 1. The maximum atomic E-state index is 9.09. The Morgan fingerprint density at radius 3 is 2.75 bits per heavy atom. The molecular formula is C12H20ClNOS. The Bertz CT molecular complexity index is 299. The van der Waals surface area contributed by atoms with Crippen molar-refractivity contribution in [1.29, 1.82) is 0 Å². The van der Waals surface area contributed by atoms with Gasteiger partial charge in [0.25, 0.3) is 0 Å². The monoisotopic (exact) mass is 261 g/mol. The van der Waals surface area contributed by atoms with Gasteiger partial charge < -0.3 is 10.4 Å². The van der Waals surface area contributed by atoms with Crippen LogP contribution in [-0.4, -0.2) is 23.8 Å². The number of aliphatic hydroxyl groups is 1. The summed E-state index contributed by atoms with van der Waals surface area (Å²) in [6.45, 7) is 4.46. The summed E-state index contributed by atoms with van der Waals surface area (Å²) in [4.78, 5) is 1.33. The lowest BCUT2D eigenvalue weighted by Crippen LogP contribution is -2.38. The van der Waals surface area contributed by atoms with Crippen LogP contribution in [0.4, 0.5) is 0 Å². The standard InChI is InChI=1S/C12H20ClNOS/c1-3-10(8-15)14-9(2)4-5-11-6-7-12(13)16-11/h6-7,9-10,14-15H,3-5,8H2,1-2H3/t9?,10-/m1/s1. The smallest absolute Gasteiger partial charge is 0.0931 e. The van der Waals surface area contributed by atoms with Gasteiger partial charge in [0.2, 0.25) is 0 Å². The second-order valence-corrected chi connectivity index (χ2v) is 5.90. The molecule has 1 heterocycles. The Hall–Kier alpha value is -0.0900. The first-order valence-electron chi connectivity index (χ1n) is 5.76. The van der Waals surface area contributed by atoms with Crippen molar-refractivity contribution < 1.29 is 5.11 Å². The van der Waals surface area contributed by atoms with Crippen LogP contribution in [0.2, 0.25) is 4.34 Å². The topological polar surface area (TPSA) is 32.3 Å². The van der Waals surface area contributed by atoms with E-state index in [1.807, 2.05) is 6.07 Å². The van der Waals surface area contributed by atoms with E-state index in [0.717, 1.165) is 23.6 Å². The second-order valence-electron chi connectivity index (χ2n) is 4.10. The summed E-state index contributed by atoms with van der Waals surface area (Å²) in [5, 5.41) is 12.5. The fourth-order valence-electron chi connectivity index (χ4n) is 1.63. The molecule has 0 saturated carbocycles. The van der Waals surface area contributed by atoms with Gasteiger partial charge in [-0.2, -0.15) is 0 Å². The minimum atomic E-state index is 0.214. The lowest BCUT2D eigenvalue weighted by molar-refractivity contribution is 0.228. The fraction of sp³-hybridized carbons (Fsp3) is 0.667. The SMILES string of the molecule is CC[C@H](CO)NC(C)CCc1ccc(Cl)s1. The lowest BCUT2D eigenvalue weighted by atomic mass is 10.1. The molecule has 2 nitrogen and oxygen atoms in total. The van der Waals surface area contributed by atoms with Gasteiger partial charge in [-0.05, 0) is 38.3 Å². The molecule has 1 rings (SSSR count). The van der Waals surface area contributed by atoms with Crippen LogP contribution in [0.25, 0.3) is 0 Å². The molecule has 92 valence electrons. The molecule has 0 amide bonds. The molecule has 4 heteroatoms. The summed E-state index contributed by atoms with van der Waals surface area (Å²) < 4.78 is 0.859. The zero-order valence-electron chi connectivity index (χ0n) is 9.87. The molecule has 0 saturated heterocycles. The number of nitrogens with one attached hydrogen (secondary N) is 1. The average Bonchev–Trinajstić information content (AvgIpc) is 2.69. The molecule has 16 heavy (non-hydrogen) atoms. The average molecular weight is 262 g/mol. The summed E-state index contributed by atoms with van der Waals surface area (Å²) in [6.07, 6.45) is 3.09. The van der Waals surface area contributed by atoms with E-state index in [0.29, 0.717) is 6.04 Å². The predicted octanol–water partition coefficient (Wildman–Crippen LogP) is 3.08. The Kier molecular flexibility index (Phi) is 6.36. The maximum absolute atomic E-state index is 9.09. The first-order chi connectivity index (χ1) is 7.65. The molecule has 0 fully saturated rings. The number of aliphatic hydroxyl groups excluding tert-OH is 1. The molecule has 0 bridgehead atoms. The van der Waals surface area contributed by atoms with Gasteiger partial charge in [0, 0.05) is 17.0 Å². The number of hydrogen-bond donors (Lipinski definition) is 2. The lowest BCUT2D eigenvalue weighted by Gasteiger charge is -2.20. The van der Waals surface area contributed by atoms with Crippen LogP contribution < -0.4 is 5.32 Å². The van der Waals surface area contributed by atoms with Gasteiger partial charge in [0.1, 0.15) is 0 Å². The van der Waals surface area contributed by atoms with Gasteiger partial charge in [-0.3, -0.25) is 0 Å². The summed E-state index contributed by atoms with van der Waals surface area (Å²) >= 11 is 7.52. The van der Waals surface area contributed by atoms with E-state index in [9.17, 15) is 0 Å². The molecule has 1 aromatic rings. The largest absolute Gasteiger partial charge is 0.395 e. The van der Waals surface area contributed by atoms with Gasteiger partial charge in [0.05, 0.1) is 10.9 Å². The Balaban J connectivity index is 2.26. The minimum Gasteiger partial charge on any atom is -0.395 e. The van der Waals surface area contributed by atoms with E-state index >= 15 is 0 Å². The quantitative estimate of drug-likeness (QED) is 0.791.